The highest BCUT2D eigenvalue weighted by Crippen LogP contribution is 2.32. The highest BCUT2D eigenvalue weighted by molar-refractivity contribution is 5.95. The van der Waals surface area contributed by atoms with Crippen LogP contribution in [0, 0.1) is 13.8 Å². The van der Waals surface area contributed by atoms with Crippen LogP contribution in [-0.4, -0.2) is 58.0 Å². The van der Waals surface area contributed by atoms with Crippen LogP contribution in [0.5, 0.6) is 0 Å². The molecule has 2 aromatic heterocycles. The number of carbonyl (C=O) groups is 2. The Morgan fingerprint density at radius 2 is 1.61 bits per heavy atom. The largest absolute Gasteiger partial charge is 0.510 e. The van der Waals surface area contributed by atoms with Crippen molar-refractivity contribution < 1.29 is 34.3 Å². The number of amides is 1. The summed E-state index contributed by atoms with van der Waals surface area (Å²) in [4.78, 5) is 42.0. The molecule has 0 bridgehead atoms. The molecule has 2 N–H and O–H groups in total. The van der Waals surface area contributed by atoms with Crippen molar-refractivity contribution in [2.75, 3.05) is 4.90 Å². The SMILES string of the molecule is Cc1nc(C)c2c(n1)N(Cc1ccc(-c3ccccc3-c3nnn(C(C)OC(=O)OCc4ccccc4CON(O)O)n3)cc1)C(=O)CC2. The second-order valence-corrected chi connectivity index (χ2v) is 11.4. The van der Waals surface area contributed by atoms with Gasteiger partial charge in [0.15, 0.2) is 0 Å². The number of aromatic nitrogens is 6. The van der Waals surface area contributed by atoms with E-state index in [2.05, 4.69) is 30.2 Å². The quantitative estimate of drug-likeness (QED) is 0.138. The van der Waals surface area contributed by atoms with E-state index >= 15 is 0 Å². The molecule has 0 radical (unpaired) electrons. The van der Waals surface area contributed by atoms with Gasteiger partial charge < -0.3 is 9.47 Å². The van der Waals surface area contributed by atoms with E-state index in [4.69, 9.17) is 19.9 Å². The van der Waals surface area contributed by atoms with Crippen molar-refractivity contribution in [1.82, 2.24) is 35.6 Å². The number of fused-ring (bicyclic) bond motifs is 1. The fourth-order valence-electron chi connectivity index (χ4n) is 5.59. The molecular formula is C34H34N8O7. The summed E-state index contributed by atoms with van der Waals surface area (Å²) in [5.41, 5.74) is 6.55. The van der Waals surface area contributed by atoms with Crippen LogP contribution < -0.4 is 4.90 Å². The third-order valence-electron chi connectivity index (χ3n) is 8.04. The maximum absolute atomic E-state index is 12.9. The lowest BCUT2D eigenvalue weighted by Crippen LogP contribution is -2.36. The van der Waals surface area contributed by atoms with Gasteiger partial charge in [-0.2, -0.15) is 0 Å². The Kier molecular flexibility index (Phi) is 9.96. The number of ether oxygens (including phenoxy) is 2. The first-order chi connectivity index (χ1) is 23.7. The van der Waals surface area contributed by atoms with Crippen LogP contribution in [0.1, 0.15) is 53.3 Å². The topological polar surface area (TPSA) is 178 Å². The van der Waals surface area contributed by atoms with E-state index in [1.165, 1.54) is 4.80 Å². The summed E-state index contributed by atoms with van der Waals surface area (Å²) in [6.45, 7) is 5.47. The summed E-state index contributed by atoms with van der Waals surface area (Å²) in [6, 6.07) is 22.4. The molecule has 15 heteroatoms. The summed E-state index contributed by atoms with van der Waals surface area (Å²) in [5, 5.41) is 30.0. The lowest BCUT2D eigenvalue weighted by Gasteiger charge is -2.29. The molecule has 3 heterocycles. The Labute approximate surface area is 281 Å². The lowest BCUT2D eigenvalue weighted by atomic mass is 9.98. The van der Waals surface area contributed by atoms with E-state index in [1.54, 1.807) is 36.1 Å². The monoisotopic (exact) mass is 666 g/mol. The third-order valence-corrected chi connectivity index (χ3v) is 8.04. The molecule has 5 aromatic rings. The fraction of sp³-hybridized carbons (Fsp3) is 0.265. The van der Waals surface area contributed by atoms with Gasteiger partial charge in [0.1, 0.15) is 18.2 Å². The van der Waals surface area contributed by atoms with Gasteiger partial charge in [-0.15, -0.1) is 15.0 Å². The molecule has 1 aliphatic heterocycles. The van der Waals surface area contributed by atoms with Crippen molar-refractivity contribution in [3.63, 3.8) is 0 Å². The van der Waals surface area contributed by atoms with E-state index in [1.807, 2.05) is 62.4 Å². The first-order valence-electron chi connectivity index (χ1n) is 15.5. The minimum absolute atomic E-state index is 0.0368. The van der Waals surface area contributed by atoms with Crippen LogP contribution in [0.4, 0.5) is 10.6 Å². The van der Waals surface area contributed by atoms with Gasteiger partial charge in [-0.1, -0.05) is 72.8 Å². The van der Waals surface area contributed by atoms with Crippen LogP contribution in [0.3, 0.4) is 0 Å². The summed E-state index contributed by atoms with van der Waals surface area (Å²) in [5.74, 6) is 1.69. The van der Waals surface area contributed by atoms with Crippen LogP contribution in [0.25, 0.3) is 22.5 Å². The normalized spacial score (nSPS) is 13.3. The Balaban J connectivity index is 1.12. The highest BCUT2D eigenvalue weighted by Gasteiger charge is 2.28. The minimum Gasteiger partial charge on any atom is -0.429 e. The molecule has 3 aromatic carbocycles. The summed E-state index contributed by atoms with van der Waals surface area (Å²) >= 11 is 0. The Morgan fingerprint density at radius 3 is 2.35 bits per heavy atom. The second-order valence-electron chi connectivity index (χ2n) is 11.4. The smallest absolute Gasteiger partial charge is 0.429 e. The number of anilines is 1. The van der Waals surface area contributed by atoms with Crippen molar-refractivity contribution in [3.8, 4) is 22.5 Å². The van der Waals surface area contributed by atoms with Crippen LogP contribution >= 0.6 is 0 Å². The zero-order chi connectivity index (χ0) is 34.5. The number of tetrazole rings is 1. The molecule has 252 valence electrons. The summed E-state index contributed by atoms with van der Waals surface area (Å²) in [7, 11) is 0. The fourth-order valence-corrected chi connectivity index (χ4v) is 5.59. The number of rotatable bonds is 11. The first-order valence-corrected chi connectivity index (χ1v) is 15.5. The molecule has 15 nitrogen and oxygen atoms in total. The number of benzene rings is 3. The van der Waals surface area contributed by atoms with Gasteiger partial charge in [-0.25, -0.2) is 19.6 Å². The molecule has 0 saturated carbocycles. The van der Waals surface area contributed by atoms with Crippen LogP contribution in [0.2, 0.25) is 0 Å². The van der Waals surface area contributed by atoms with Gasteiger partial charge in [0.05, 0.1) is 18.5 Å². The van der Waals surface area contributed by atoms with E-state index < -0.39 is 12.4 Å². The van der Waals surface area contributed by atoms with Crippen molar-refractivity contribution in [3.05, 3.63) is 107 Å². The molecule has 0 fully saturated rings. The molecule has 1 amide bonds. The van der Waals surface area contributed by atoms with E-state index in [9.17, 15) is 9.59 Å². The number of hydrogen-bond acceptors (Lipinski definition) is 13. The van der Waals surface area contributed by atoms with Gasteiger partial charge in [-0.05, 0) is 60.2 Å². The van der Waals surface area contributed by atoms with Gasteiger partial charge in [0.2, 0.25) is 18.0 Å². The first kappa shape index (κ1) is 33.3. The average molecular weight is 667 g/mol. The Morgan fingerprint density at radius 1 is 0.918 bits per heavy atom. The second kappa shape index (κ2) is 14.7. The van der Waals surface area contributed by atoms with Gasteiger partial charge in [0, 0.05) is 23.2 Å². The number of carbonyl (C=O) groups excluding carboxylic acids is 2. The highest BCUT2D eigenvalue weighted by atomic mass is 17.1. The van der Waals surface area contributed by atoms with Crippen LogP contribution in [0.15, 0.2) is 72.8 Å². The maximum Gasteiger partial charge on any atom is 0.510 e. The zero-order valence-electron chi connectivity index (χ0n) is 27.1. The summed E-state index contributed by atoms with van der Waals surface area (Å²) < 4.78 is 10.6. The number of nitrogens with zero attached hydrogens (tertiary/aromatic N) is 8. The standard InChI is InChI=1S/C34H34N8O7/c1-21-28-16-17-31(43)40(33(28)36-22(2)35-21)18-24-12-14-25(15-13-24)29-10-6-7-11-30(29)32-37-39-41(38-32)23(3)49-34(44)47-19-26-8-4-5-9-27(26)20-48-42(45)46/h4-15,23,45-46H,16-20H2,1-3H3. The summed E-state index contributed by atoms with van der Waals surface area (Å²) in [6.07, 6.45) is -0.826. The predicted molar refractivity (Wildman–Crippen MR) is 172 cm³/mol. The number of aryl methyl sites for hydroxylation is 2. The van der Waals surface area contributed by atoms with Crippen molar-refractivity contribution in [2.45, 2.75) is 59.6 Å². The minimum atomic E-state index is -0.957. The zero-order valence-corrected chi connectivity index (χ0v) is 27.1. The molecule has 0 saturated heterocycles. The molecule has 0 aliphatic carbocycles. The molecular weight excluding hydrogens is 632 g/mol. The lowest BCUT2D eigenvalue weighted by molar-refractivity contribution is -0.497. The van der Waals surface area contributed by atoms with E-state index in [0.29, 0.717) is 48.0 Å². The van der Waals surface area contributed by atoms with Crippen molar-refractivity contribution in [2.24, 2.45) is 0 Å². The predicted octanol–water partition coefficient (Wildman–Crippen LogP) is 5.28. The van der Waals surface area contributed by atoms with Gasteiger partial charge in [-0.3, -0.25) is 20.1 Å². The average Bonchev–Trinajstić information content (AvgIpc) is 3.59. The third kappa shape index (κ3) is 7.76. The molecule has 0 spiro atoms. The molecule has 6 rings (SSSR count). The number of hydrogen-bond donors (Lipinski definition) is 2. The maximum atomic E-state index is 12.9. The van der Waals surface area contributed by atoms with Crippen molar-refractivity contribution >= 4 is 17.9 Å². The molecule has 1 unspecified atom stereocenters. The van der Waals surface area contributed by atoms with Gasteiger partial charge >= 0.3 is 6.16 Å². The molecule has 49 heavy (non-hydrogen) atoms. The Bertz CT molecular complexity index is 1960. The van der Waals surface area contributed by atoms with Crippen molar-refractivity contribution in [1.29, 1.82) is 0 Å². The van der Waals surface area contributed by atoms with Gasteiger partial charge in [0.25, 0.3) is 0 Å². The Hall–Kier alpha value is -5.61. The van der Waals surface area contributed by atoms with E-state index in [-0.39, 0.29) is 24.5 Å². The van der Waals surface area contributed by atoms with Crippen LogP contribution in [-0.2, 0) is 45.3 Å². The van der Waals surface area contributed by atoms with E-state index in [0.717, 1.165) is 33.5 Å². The molecule has 1 atom stereocenters. The molecule has 1 aliphatic rings.